The molecule has 1 aromatic carbocycles. The highest BCUT2D eigenvalue weighted by Gasteiger charge is 2.33. The fourth-order valence-electron chi connectivity index (χ4n) is 2.97. The van der Waals surface area contributed by atoms with Crippen LogP contribution in [-0.2, 0) is 11.2 Å². The highest BCUT2D eigenvalue weighted by molar-refractivity contribution is 5.70. The molecule has 92 valence electrons. The number of rotatable bonds is 3. The van der Waals surface area contributed by atoms with E-state index in [1.54, 1.807) is 0 Å². The van der Waals surface area contributed by atoms with Crippen molar-refractivity contribution in [3.05, 3.63) is 35.9 Å². The second-order valence-electron chi connectivity index (χ2n) is 5.31. The minimum Gasteiger partial charge on any atom is -0.481 e. The molecule has 1 saturated carbocycles. The zero-order chi connectivity index (χ0) is 12.3. The van der Waals surface area contributed by atoms with Gasteiger partial charge in [0.1, 0.15) is 0 Å². The van der Waals surface area contributed by atoms with Crippen LogP contribution in [0.4, 0.5) is 0 Å². The minimum atomic E-state index is -0.613. The fourth-order valence-corrected chi connectivity index (χ4v) is 2.97. The third-order valence-corrected chi connectivity index (χ3v) is 3.90. The van der Waals surface area contributed by atoms with E-state index in [1.165, 1.54) is 5.56 Å². The van der Waals surface area contributed by atoms with Crippen LogP contribution in [0.3, 0.4) is 0 Å². The number of carboxylic acids is 1. The first kappa shape index (κ1) is 12.2. The van der Waals surface area contributed by atoms with Gasteiger partial charge in [0.2, 0.25) is 0 Å². The lowest BCUT2D eigenvalue weighted by molar-refractivity contribution is -0.145. The number of hydrogen-bond acceptors (Lipinski definition) is 1. The van der Waals surface area contributed by atoms with Gasteiger partial charge in [0.15, 0.2) is 0 Å². The summed E-state index contributed by atoms with van der Waals surface area (Å²) >= 11 is 0. The Morgan fingerprint density at radius 1 is 1.29 bits per heavy atom. The average molecular weight is 232 g/mol. The molecule has 1 N–H and O–H groups in total. The molecule has 1 aromatic rings. The molecule has 0 spiro atoms. The van der Waals surface area contributed by atoms with Gasteiger partial charge in [-0.2, -0.15) is 0 Å². The summed E-state index contributed by atoms with van der Waals surface area (Å²) in [5.41, 5.74) is 1.26. The van der Waals surface area contributed by atoms with Gasteiger partial charge in [-0.1, -0.05) is 37.3 Å². The van der Waals surface area contributed by atoms with Crippen LogP contribution in [0.15, 0.2) is 30.3 Å². The Balaban J connectivity index is 2.08. The molecule has 1 fully saturated rings. The zero-order valence-electron chi connectivity index (χ0n) is 10.3. The first-order valence-corrected chi connectivity index (χ1v) is 6.43. The highest BCUT2D eigenvalue weighted by Crippen LogP contribution is 2.35. The molecule has 3 atom stereocenters. The van der Waals surface area contributed by atoms with Crippen molar-refractivity contribution in [1.82, 2.24) is 0 Å². The number of carboxylic acid groups (broad SMARTS) is 1. The normalized spacial score (nSPS) is 28.9. The predicted molar refractivity (Wildman–Crippen MR) is 67.8 cm³/mol. The van der Waals surface area contributed by atoms with Crippen LogP contribution in [0.1, 0.15) is 31.7 Å². The van der Waals surface area contributed by atoms with Crippen molar-refractivity contribution < 1.29 is 9.90 Å². The van der Waals surface area contributed by atoms with Crippen molar-refractivity contribution in [3.8, 4) is 0 Å². The first-order chi connectivity index (χ1) is 8.16. The minimum absolute atomic E-state index is 0.147. The molecule has 2 heteroatoms. The van der Waals surface area contributed by atoms with E-state index in [-0.39, 0.29) is 5.92 Å². The van der Waals surface area contributed by atoms with Crippen LogP contribution in [0.25, 0.3) is 0 Å². The van der Waals surface area contributed by atoms with Gasteiger partial charge in [-0.15, -0.1) is 0 Å². The first-order valence-electron chi connectivity index (χ1n) is 6.43. The van der Waals surface area contributed by atoms with Crippen LogP contribution < -0.4 is 0 Å². The van der Waals surface area contributed by atoms with Crippen LogP contribution in [0.5, 0.6) is 0 Å². The summed E-state index contributed by atoms with van der Waals surface area (Å²) in [7, 11) is 0. The third-order valence-electron chi connectivity index (χ3n) is 3.90. The maximum Gasteiger partial charge on any atom is 0.306 e. The molecular weight excluding hydrogens is 212 g/mol. The molecule has 0 saturated heterocycles. The van der Waals surface area contributed by atoms with E-state index >= 15 is 0 Å². The van der Waals surface area contributed by atoms with E-state index < -0.39 is 5.97 Å². The van der Waals surface area contributed by atoms with E-state index in [4.69, 9.17) is 0 Å². The van der Waals surface area contributed by atoms with Crippen molar-refractivity contribution in [2.75, 3.05) is 0 Å². The molecule has 17 heavy (non-hydrogen) atoms. The summed E-state index contributed by atoms with van der Waals surface area (Å²) in [5.74, 6) is 0.210. The van der Waals surface area contributed by atoms with Gasteiger partial charge in [-0.25, -0.2) is 0 Å². The largest absolute Gasteiger partial charge is 0.481 e. The van der Waals surface area contributed by atoms with Gasteiger partial charge in [-0.3, -0.25) is 4.79 Å². The second kappa shape index (κ2) is 5.35. The van der Waals surface area contributed by atoms with Crippen molar-refractivity contribution in [2.45, 2.75) is 32.6 Å². The Morgan fingerprint density at radius 2 is 2.00 bits per heavy atom. The van der Waals surface area contributed by atoms with E-state index in [0.29, 0.717) is 11.8 Å². The summed E-state index contributed by atoms with van der Waals surface area (Å²) in [4.78, 5) is 11.3. The SMILES string of the molecule is CC1CCC(C(=O)O)C(Cc2ccccc2)C1. The topological polar surface area (TPSA) is 37.3 Å². The van der Waals surface area contributed by atoms with Crippen molar-refractivity contribution in [1.29, 1.82) is 0 Å². The van der Waals surface area contributed by atoms with Gasteiger partial charge in [-0.05, 0) is 43.1 Å². The van der Waals surface area contributed by atoms with Crippen LogP contribution in [0.2, 0.25) is 0 Å². The molecule has 2 rings (SSSR count). The molecule has 1 aliphatic rings. The van der Waals surface area contributed by atoms with E-state index in [2.05, 4.69) is 19.1 Å². The Hall–Kier alpha value is -1.31. The monoisotopic (exact) mass is 232 g/mol. The van der Waals surface area contributed by atoms with Crippen molar-refractivity contribution in [2.24, 2.45) is 17.8 Å². The molecule has 0 amide bonds. The number of benzene rings is 1. The number of aliphatic carboxylic acids is 1. The molecular formula is C15H20O2. The molecule has 0 radical (unpaired) electrons. The predicted octanol–water partition coefficient (Wildman–Crippen LogP) is 3.37. The quantitative estimate of drug-likeness (QED) is 0.867. The van der Waals surface area contributed by atoms with Crippen molar-refractivity contribution in [3.63, 3.8) is 0 Å². The van der Waals surface area contributed by atoms with Gasteiger partial charge >= 0.3 is 5.97 Å². The summed E-state index contributed by atoms with van der Waals surface area (Å²) in [5, 5.41) is 9.27. The lowest BCUT2D eigenvalue weighted by atomic mass is 9.72. The van der Waals surface area contributed by atoms with Gasteiger partial charge in [0.05, 0.1) is 5.92 Å². The zero-order valence-corrected chi connectivity index (χ0v) is 10.3. The smallest absolute Gasteiger partial charge is 0.306 e. The van der Waals surface area contributed by atoms with Gasteiger partial charge in [0.25, 0.3) is 0 Å². The Labute approximate surface area is 103 Å². The lowest BCUT2D eigenvalue weighted by Gasteiger charge is -2.32. The third kappa shape index (κ3) is 3.09. The Morgan fingerprint density at radius 3 is 2.65 bits per heavy atom. The molecule has 0 heterocycles. The van der Waals surface area contributed by atoms with Gasteiger partial charge < -0.3 is 5.11 Å². The molecule has 3 unspecified atom stereocenters. The fraction of sp³-hybridized carbons (Fsp3) is 0.533. The lowest BCUT2D eigenvalue weighted by Crippen LogP contribution is -2.31. The average Bonchev–Trinajstić information content (AvgIpc) is 2.30. The summed E-state index contributed by atoms with van der Waals surface area (Å²) in [6.07, 6.45) is 3.85. The van der Waals surface area contributed by atoms with Crippen LogP contribution in [0, 0.1) is 17.8 Å². The Bertz CT molecular complexity index is 372. The van der Waals surface area contributed by atoms with Gasteiger partial charge in [0, 0.05) is 0 Å². The summed E-state index contributed by atoms with van der Waals surface area (Å²) in [6.45, 7) is 2.23. The molecule has 0 aromatic heterocycles. The van der Waals surface area contributed by atoms with E-state index in [9.17, 15) is 9.90 Å². The molecule has 0 aliphatic heterocycles. The standard InChI is InChI=1S/C15H20O2/c1-11-7-8-14(15(16)17)13(9-11)10-12-5-3-2-4-6-12/h2-6,11,13-14H,7-10H2,1H3,(H,16,17). The van der Waals surface area contributed by atoms with Crippen molar-refractivity contribution >= 4 is 5.97 Å². The van der Waals surface area contributed by atoms with Crippen LogP contribution in [-0.4, -0.2) is 11.1 Å². The summed E-state index contributed by atoms with van der Waals surface area (Å²) in [6, 6.07) is 10.2. The van der Waals surface area contributed by atoms with E-state index in [0.717, 1.165) is 25.7 Å². The highest BCUT2D eigenvalue weighted by atomic mass is 16.4. The maximum atomic E-state index is 11.3. The Kier molecular flexibility index (Phi) is 3.82. The second-order valence-corrected chi connectivity index (χ2v) is 5.31. The maximum absolute atomic E-state index is 11.3. The number of hydrogen-bond donors (Lipinski definition) is 1. The summed E-state index contributed by atoms with van der Waals surface area (Å²) < 4.78 is 0. The van der Waals surface area contributed by atoms with E-state index in [1.807, 2.05) is 18.2 Å². The molecule has 0 bridgehead atoms. The number of carbonyl (C=O) groups is 1. The van der Waals surface area contributed by atoms with Crippen LogP contribution >= 0.6 is 0 Å². The molecule has 2 nitrogen and oxygen atoms in total. The molecule has 1 aliphatic carbocycles.